The van der Waals surface area contributed by atoms with Crippen LogP contribution in [0.3, 0.4) is 0 Å². The molecule has 0 aliphatic rings. The molecule has 0 aliphatic heterocycles. The molecule has 0 amide bonds. The van der Waals surface area contributed by atoms with Crippen molar-refractivity contribution in [3.8, 4) is 0 Å². The SMILES string of the molecule is FC(F)(F)c1ccc(Cl)c(N/N=C\C=C\c2ccccc2)c1. The number of halogens is 4. The van der Waals surface area contributed by atoms with Crippen LogP contribution in [0.1, 0.15) is 11.1 Å². The maximum atomic E-state index is 12.6. The Hall–Kier alpha value is -2.27. The quantitative estimate of drug-likeness (QED) is 0.585. The monoisotopic (exact) mass is 324 g/mol. The summed E-state index contributed by atoms with van der Waals surface area (Å²) in [4.78, 5) is 0. The maximum absolute atomic E-state index is 12.6. The Kier molecular flexibility index (Phi) is 5.22. The third-order valence-electron chi connectivity index (χ3n) is 2.73. The second-order valence-corrected chi connectivity index (χ2v) is 4.76. The van der Waals surface area contributed by atoms with Gasteiger partial charge in [-0.3, -0.25) is 5.43 Å². The molecule has 0 saturated heterocycles. The summed E-state index contributed by atoms with van der Waals surface area (Å²) in [6.07, 6.45) is 0.504. The lowest BCUT2D eigenvalue weighted by molar-refractivity contribution is -0.137. The first-order valence-corrected chi connectivity index (χ1v) is 6.72. The Morgan fingerprint density at radius 1 is 1.05 bits per heavy atom. The first-order valence-electron chi connectivity index (χ1n) is 6.34. The zero-order valence-corrected chi connectivity index (χ0v) is 12.1. The minimum atomic E-state index is -4.42. The van der Waals surface area contributed by atoms with E-state index in [1.165, 1.54) is 12.3 Å². The van der Waals surface area contributed by atoms with Crippen LogP contribution in [0.25, 0.3) is 6.08 Å². The molecule has 0 aromatic heterocycles. The van der Waals surface area contributed by atoms with Crippen LogP contribution < -0.4 is 5.43 Å². The number of allylic oxidation sites excluding steroid dienone is 1. The van der Waals surface area contributed by atoms with Crippen LogP contribution in [0.15, 0.2) is 59.7 Å². The number of benzene rings is 2. The van der Waals surface area contributed by atoms with E-state index in [1.807, 2.05) is 36.4 Å². The largest absolute Gasteiger partial charge is 0.416 e. The van der Waals surface area contributed by atoms with Gasteiger partial charge in [-0.15, -0.1) is 0 Å². The highest BCUT2D eigenvalue weighted by molar-refractivity contribution is 6.33. The lowest BCUT2D eigenvalue weighted by atomic mass is 10.2. The molecular weight excluding hydrogens is 313 g/mol. The van der Waals surface area contributed by atoms with Crippen LogP contribution in [0.5, 0.6) is 0 Å². The Labute approximate surface area is 130 Å². The molecule has 0 aliphatic carbocycles. The smallest absolute Gasteiger partial charge is 0.277 e. The minimum absolute atomic E-state index is 0.0980. The van der Waals surface area contributed by atoms with Gasteiger partial charge < -0.3 is 0 Å². The molecule has 114 valence electrons. The number of anilines is 1. The van der Waals surface area contributed by atoms with Crippen LogP contribution in [-0.2, 0) is 6.18 Å². The second-order valence-electron chi connectivity index (χ2n) is 4.35. The highest BCUT2D eigenvalue weighted by Gasteiger charge is 2.30. The van der Waals surface area contributed by atoms with E-state index in [0.717, 1.165) is 17.7 Å². The molecule has 0 radical (unpaired) electrons. The van der Waals surface area contributed by atoms with Gasteiger partial charge in [0.1, 0.15) is 0 Å². The van der Waals surface area contributed by atoms with Gasteiger partial charge in [0, 0.05) is 6.21 Å². The summed E-state index contributed by atoms with van der Waals surface area (Å²) in [7, 11) is 0. The first-order chi connectivity index (χ1) is 10.5. The van der Waals surface area contributed by atoms with E-state index in [4.69, 9.17) is 11.6 Å². The molecule has 0 saturated carbocycles. The fourth-order valence-electron chi connectivity index (χ4n) is 1.66. The Balaban J connectivity index is 2.02. The Bertz CT molecular complexity index is 680. The highest BCUT2D eigenvalue weighted by atomic mass is 35.5. The lowest BCUT2D eigenvalue weighted by Crippen LogP contribution is -2.05. The third-order valence-corrected chi connectivity index (χ3v) is 3.06. The van der Waals surface area contributed by atoms with Gasteiger partial charge in [0.15, 0.2) is 0 Å². The van der Waals surface area contributed by atoms with Crippen LogP contribution >= 0.6 is 11.6 Å². The predicted molar refractivity (Wildman–Crippen MR) is 84.0 cm³/mol. The molecule has 2 aromatic carbocycles. The van der Waals surface area contributed by atoms with Crippen molar-refractivity contribution in [2.45, 2.75) is 6.18 Å². The summed E-state index contributed by atoms with van der Waals surface area (Å²) in [5.41, 5.74) is 2.80. The van der Waals surface area contributed by atoms with Gasteiger partial charge in [-0.25, -0.2) is 0 Å². The number of nitrogens with zero attached hydrogens (tertiary/aromatic N) is 1. The zero-order valence-electron chi connectivity index (χ0n) is 11.3. The minimum Gasteiger partial charge on any atom is -0.277 e. The average molecular weight is 325 g/mol. The van der Waals surface area contributed by atoms with Crippen LogP contribution in [0.2, 0.25) is 5.02 Å². The van der Waals surface area contributed by atoms with E-state index in [0.29, 0.717) is 0 Å². The summed E-state index contributed by atoms with van der Waals surface area (Å²) < 4.78 is 37.8. The molecule has 0 heterocycles. The van der Waals surface area contributed by atoms with Crippen LogP contribution in [0.4, 0.5) is 18.9 Å². The summed E-state index contributed by atoms with van der Waals surface area (Å²) in [5.74, 6) is 0. The molecular formula is C16H12ClF3N2. The van der Waals surface area contributed by atoms with Crippen molar-refractivity contribution in [3.05, 3.63) is 70.8 Å². The van der Waals surface area contributed by atoms with Gasteiger partial charge in [-0.1, -0.05) is 48.0 Å². The van der Waals surface area contributed by atoms with Crippen molar-refractivity contribution < 1.29 is 13.2 Å². The van der Waals surface area contributed by atoms with Crippen molar-refractivity contribution in [2.24, 2.45) is 5.10 Å². The van der Waals surface area contributed by atoms with E-state index >= 15 is 0 Å². The maximum Gasteiger partial charge on any atom is 0.416 e. The molecule has 0 fully saturated rings. The van der Waals surface area contributed by atoms with Crippen molar-refractivity contribution in [2.75, 3.05) is 5.43 Å². The standard InChI is InChI=1S/C16H12ClF3N2/c17-14-9-8-13(16(18,19)20)11-15(14)22-21-10-4-7-12-5-2-1-3-6-12/h1-11,22H/b7-4+,21-10-. The molecule has 22 heavy (non-hydrogen) atoms. The lowest BCUT2D eigenvalue weighted by Gasteiger charge is -2.09. The van der Waals surface area contributed by atoms with Crippen molar-refractivity contribution in [1.82, 2.24) is 0 Å². The van der Waals surface area contributed by atoms with E-state index < -0.39 is 11.7 Å². The summed E-state index contributed by atoms with van der Waals surface area (Å²) in [6, 6.07) is 12.6. The molecule has 2 aromatic rings. The summed E-state index contributed by atoms with van der Waals surface area (Å²) in [5, 5.41) is 3.99. The van der Waals surface area contributed by atoms with E-state index in [-0.39, 0.29) is 10.7 Å². The van der Waals surface area contributed by atoms with Gasteiger partial charge in [0.05, 0.1) is 16.3 Å². The molecule has 0 unspecified atom stereocenters. The summed E-state index contributed by atoms with van der Waals surface area (Å²) in [6.45, 7) is 0. The van der Waals surface area contributed by atoms with Crippen molar-refractivity contribution >= 4 is 29.6 Å². The number of alkyl halides is 3. The van der Waals surface area contributed by atoms with Gasteiger partial charge in [0.25, 0.3) is 0 Å². The number of hydrogen-bond donors (Lipinski definition) is 1. The average Bonchev–Trinajstić information content (AvgIpc) is 2.48. The van der Waals surface area contributed by atoms with Crippen molar-refractivity contribution in [1.29, 1.82) is 0 Å². The number of nitrogens with one attached hydrogen (secondary N) is 1. The van der Waals surface area contributed by atoms with Gasteiger partial charge >= 0.3 is 6.18 Å². The molecule has 2 nitrogen and oxygen atoms in total. The summed E-state index contributed by atoms with van der Waals surface area (Å²) >= 11 is 5.83. The predicted octanol–water partition coefficient (Wildman–Crippen LogP) is 5.47. The third kappa shape index (κ3) is 4.63. The highest BCUT2D eigenvalue weighted by Crippen LogP contribution is 2.33. The van der Waals surface area contributed by atoms with Gasteiger partial charge in [-0.05, 0) is 29.8 Å². The topological polar surface area (TPSA) is 24.4 Å². The molecule has 2 rings (SSSR count). The molecule has 6 heteroatoms. The van der Waals surface area contributed by atoms with Gasteiger partial charge in [-0.2, -0.15) is 18.3 Å². The Morgan fingerprint density at radius 3 is 2.45 bits per heavy atom. The molecule has 0 bridgehead atoms. The first kappa shape index (κ1) is 16.1. The second kappa shape index (κ2) is 7.13. The number of hydrazone groups is 1. The van der Waals surface area contributed by atoms with Gasteiger partial charge in [0.2, 0.25) is 0 Å². The fourth-order valence-corrected chi connectivity index (χ4v) is 1.82. The fraction of sp³-hybridized carbons (Fsp3) is 0.0625. The Morgan fingerprint density at radius 2 is 1.77 bits per heavy atom. The van der Waals surface area contributed by atoms with E-state index in [9.17, 15) is 13.2 Å². The zero-order chi connectivity index (χ0) is 16.0. The molecule has 1 N–H and O–H groups in total. The van der Waals surface area contributed by atoms with E-state index in [2.05, 4.69) is 10.5 Å². The molecule has 0 spiro atoms. The van der Waals surface area contributed by atoms with Crippen molar-refractivity contribution in [3.63, 3.8) is 0 Å². The number of hydrogen-bond acceptors (Lipinski definition) is 2. The normalized spacial score (nSPS) is 12.2. The van der Waals surface area contributed by atoms with E-state index in [1.54, 1.807) is 6.08 Å². The van der Waals surface area contributed by atoms with Crippen LogP contribution in [0, 0.1) is 0 Å². The van der Waals surface area contributed by atoms with Crippen LogP contribution in [-0.4, -0.2) is 6.21 Å². The number of rotatable bonds is 4. The molecule has 0 atom stereocenters.